The zero-order valence-electron chi connectivity index (χ0n) is 25.1. The second-order valence-corrected chi connectivity index (χ2v) is 13.3. The van der Waals surface area contributed by atoms with Gasteiger partial charge in [0, 0.05) is 49.7 Å². The Morgan fingerprint density at radius 1 is 0.844 bits per heavy atom. The molecule has 0 spiro atoms. The lowest BCUT2D eigenvalue weighted by Crippen LogP contribution is -2.40. The molecule has 4 aromatic rings. The smallest absolute Gasteiger partial charge is 0.255 e. The van der Waals surface area contributed by atoms with Crippen molar-refractivity contribution in [2.45, 2.75) is 62.2 Å². The topological polar surface area (TPSA) is 148 Å². The van der Waals surface area contributed by atoms with Gasteiger partial charge in [-0.05, 0) is 79.3 Å². The fraction of sp³-hybridized carbons (Fsp3) is 0.441. The number of fused-ring (bicyclic) bond motifs is 1. The Morgan fingerprint density at radius 3 is 2.27 bits per heavy atom. The average molecular weight is 608 g/mol. The van der Waals surface area contributed by atoms with Gasteiger partial charge >= 0.3 is 0 Å². The summed E-state index contributed by atoms with van der Waals surface area (Å²) in [5, 5.41) is 26.0. The van der Waals surface area contributed by atoms with E-state index in [1.54, 1.807) is 9.80 Å². The number of imidazole rings is 1. The summed E-state index contributed by atoms with van der Waals surface area (Å²) in [5.41, 5.74) is 1.60. The van der Waals surface area contributed by atoms with E-state index in [0.717, 1.165) is 58.2 Å². The summed E-state index contributed by atoms with van der Waals surface area (Å²) in [4.78, 5) is 45.9. The number of carbonyl (C=O) groups excluding carboxylic acids is 2. The number of likely N-dealkylation sites (tertiary alicyclic amines) is 2. The maximum atomic E-state index is 12.8. The van der Waals surface area contributed by atoms with Gasteiger partial charge in [-0.2, -0.15) is 0 Å². The minimum absolute atomic E-state index is 0.122. The standard InChI is InChI=1S/C34H37N7O4/c42-30(33(44)8-9-33)40-13-7-21(20-40)16-36-32-37-17-26(18-38-32)24-4-3-23-15-25(6-5-22(23)14-24)27-19-35-29(39-27)28-2-1-12-41(28)31(43)34(45)10-11-34/h3-6,14-15,17-19,21,28,44-45H,1-2,7-13,16,20H2,(H,35,39)(H,36,37,38)/t21-,28+/m1/s1. The minimum Gasteiger partial charge on any atom is -0.380 e. The van der Waals surface area contributed by atoms with E-state index in [4.69, 9.17) is 0 Å². The van der Waals surface area contributed by atoms with E-state index < -0.39 is 11.2 Å². The highest BCUT2D eigenvalue weighted by Gasteiger charge is 2.52. The number of aliphatic hydroxyl groups is 2. The third-order valence-electron chi connectivity index (χ3n) is 9.93. The lowest BCUT2D eigenvalue weighted by atomic mass is 10.0. The summed E-state index contributed by atoms with van der Waals surface area (Å²) in [6.45, 7) is 2.67. The van der Waals surface area contributed by atoms with E-state index in [-0.39, 0.29) is 17.9 Å². The molecule has 2 aromatic heterocycles. The van der Waals surface area contributed by atoms with E-state index in [1.807, 2.05) is 18.6 Å². The molecular formula is C34H37N7O4. The van der Waals surface area contributed by atoms with Crippen molar-refractivity contribution in [3.63, 3.8) is 0 Å². The van der Waals surface area contributed by atoms with Gasteiger partial charge in [-0.1, -0.05) is 24.3 Å². The molecule has 2 saturated heterocycles. The molecule has 2 saturated carbocycles. The summed E-state index contributed by atoms with van der Waals surface area (Å²) in [7, 11) is 0. The van der Waals surface area contributed by atoms with Crippen LogP contribution in [-0.2, 0) is 9.59 Å². The van der Waals surface area contributed by atoms with Crippen LogP contribution in [0.4, 0.5) is 5.95 Å². The van der Waals surface area contributed by atoms with E-state index >= 15 is 0 Å². The molecule has 0 bridgehead atoms. The zero-order valence-corrected chi connectivity index (χ0v) is 25.1. The predicted molar refractivity (Wildman–Crippen MR) is 168 cm³/mol. The summed E-state index contributed by atoms with van der Waals surface area (Å²) < 4.78 is 0. The normalized spacial score (nSPS) is 23.0. The highest BCUT2D eigenvalue weighted by atomic mass is 16.3. The first-order valence-electron chi connectivity index (χ1n) is 16.0. The highest BCUT2D eigenvalue weighted by molar-refractivity contribution is 5.91. The Hall–Kier alpha value is -4.35. The number of nitrogens with one attached hydrogen (secondary N) is 2. The van der Waals surface area contributed by atoms with Gasteiger partial charge < -0.3 is 30.3 Å². The molecule has 0 radical (unpaired) electrons. The molecule has 2 aliphatic carbocycles. The predicted octanol–water partition coefficient (Wildman–Crippen LogP) is 3.66. The largest absolute Gasteiger partial charge is 0.380 e. The maximum absolute atomic E-state index is 12.8. The zero-order chi connectivity index (χ0) is 30.8. The molecule has 2 aliphatic heterocycles. The molecule has 4 heterocycles. The Morgan fingerprint density at radius 2 is 1.53 bits per heavy atom. The summed E-state index contributed by atoms with van der Waals surface area (Å²) in [5.74, 6) is 1.34. The van der Waals surface area contributed by atoms with Crippen molar-refractivity contribution in [1.29, 1.82) is 0 Å². The molecule has 8 rings (SSSR count). The summed E-state index contributed by atoms with van der Waals surface area (Å²) in [6.07, 6.45) is 10.4. The summed E-state index contributed by atoms with van der Waals surface area (Å²) in [6, 6.07) is 12.5. The van der Waals surface area contributed by atoms with Crippen molar-refractivity contribution >= 4 is 28.5 Å². The number of amides is 2. The van der Waals surface area contributed by atoms with Crippen molar-refractivity contribution in [3.05, 3.63) is 60.8 Å². The van der Waals surface area contributed by atoms with Crippen LogP contribution in [0.2, 0.25) is 0 Å². The van der Waals surface area contributed by atoms with Crippen LogP contribution >= 0.6 is 0 Å². The second-order valence-electron chi connectivity index (χ2n) is 13.3. The number of aromatic nitrogens is 4. The highest BCUT2D eigenvalue weighted by Crippen LogP contribution is 2.42. The van der Waals surface area contributed by atoms with E-state index in [2.05, 4.69) is 61.7 Å². The van der Waals surface area contributed by atoms with Gasteiger partial charge in [0.2, 0.25) is 5.95 Å². The average Bonchev–Trinajstić information content (AvgIpc) is 3.71. The first-order chi connectivity index (χ1) is 21.8. The van der Waals surface area contributed by atoms with E-state index in [0.29, 0.717) is 63.7 Å². The molecule has 4 N–H and O–H groups in total. The Balaban J connectivity index is 0.909. The summed E-state index contributed by atoms with van der Waals surface area (Å²) >= 11 is 0. The van der Waals surface area contributed by atoms with Crippen LogP contribution < -0.4 is 5.32 Å². The first-order valence-corrected chi connectivity index (χ1v) is 16.0. The fourth-order valence-corrected chi connectivity index (χ4v) is 6.75. The molecule has 232 valence electrons. The van der Waals surface area contributed by atoms with Crippen molar-refractivity contribution in [3.8, 4) is 22.4 Å². The number of hydrogen-bond acceptors (Lipinski definition) is 8. The van der Waals surface area contributed by atoms with Gasteiger partial charge in [0.05, 0.1) is 17.9 Å². The van der Waals surface area contributed by atoms with Crippen LogP contribution in [0.1, 0.15) is 56.8 Å². The van der Waals surface area contributed by atoms with Gasteiger partial charge in [0.15, 0.2) is 0 Å². The van der Waals surface area contributed by atoms with E-state index in [1.165, 1.54) is 0 Å². The van der Waals surface area contributed by atoms with Crippen LogP contribution in [0.15, 0.2) is 55.0 Å². The van der Waals surface area contributed by atoms with Crippen molar-refractivity contribution < 1.29 is 19.8 Å². The van der Waals surface area contributed by atoms with Crippen molar-refractivity contribution in [1.82, 2.24) is 29.7 Å². The molecule has 11 heteroatoms. The van der Waals surface area contributed by atoms with Crippen LogP contribution in [0, 0.1) is 5.92 Å². The lowest BCUT2D eigenvalue weighted by molar-refractivity contribution is -0.143. The molecule has 0 unspecified atom stereocenters. The second kappa shape index (κ2) is 10.6. The third kappa shape index (κ3) is 5.33. The minimum atomic E-state index is -1.16. The van der Waals surface area contributed by atoms with Gasteiger partial charge in [0.25, 0.3) is 11.8 Å². The maximum Gasteiger partial charge on any atom is 0.255 e. The molecule has 4 aliphatic rings. The Labute approximate surface area is 260 Å². The number of hydrogen-bond donors (Lipinski definition) is 4. The van der Waals surface area contributed by atoms with Crippen molar-refractivity contribution in [2.75, 3.05) is 31.5 Å². The van der Waals surface area contributed by atoms with Gasteiger partial charge in [0.1, 0.15) is 17.0 Å². The SMILES string of the molecule is O=C(N1CC[C@H](CNc2ncc(-c3ccc4cc(-c5cnc([C@@H]6CCCN6C(=O)C6(O)CC6)[nH]5)ccc4c3)cn2)C1)C1(O)CC1. The third-order valence-corrected chi connectivity index (χ3v) is 9.93. The number of nitrogens with zero attached hydrogens (tertiary/aromatic N) is 5. The lowest BCUT2D eigenvalue weighted by Gasteiger charge is -2.25. The fourth-order valence-electron chi connectivity index (χ4n) is 6.75. The van der Waals surface area contributed by atoms with Crippen LogP contribution in [-0.4, -0.2) is 89.1 Å². The first kappa shape index (κ1) is 28.1. The van der Waals surface area contributed by atoms with Crippen LogP contribution in [0.25, 0.3) is 33.2 Å². The van der Waals surface area contributed by atoms with Gasteiger partial charge in [-0.3, -0.25) is 9.59 Å². The monoisotopic (exact) mass is 607 g/mol. The number of carbonyl (C=O) groups is 2. The van der Waals surface area contributed by atoms with Crippen LogP contribution in [0.3, 0.4) is 0 Å². The number of H-pyrrole nitrogens is 1. The molecule has 2 aromatic carbocycles. The number of benzene rings is 2. The molecular weight excluding hydrogens is 570 g/mol. The van der Waals surface area contributed by atoms with Crippen molar-refractivity contribution in [2.24, 2.45) is 5.92 Å². The molecule has 45 heavy (non-hydrogen) atoms. The van der Waals surface area contributed by atoms with E-state index in [9.17, 15) is 19.8 Å². The quantitative estimate of drug-likeness (QED) is 0.237. The van der Waals surface area contributed by atoms with Gasteiger partial charge in [-0.15, -0.1) is 0 Å². The Bertz CT molecular complexity index is 1780. The number of anilines is 1. The Kier molecular flexibility index (Phi) is 6.65. The number of aromatic amines is 1. The molecule has 4 fully saturated rings. The van der Waals surface area contributed by atoms with Gasteiger partial charge in [-0.25, -0.2) is 15.0 Å². The number of rotatable bonds is 8. The molecule has 2 atom stereocenters. The van der Waals surface area contributed by atoms with Crippen LogP contribution in [0.5, 0.6) is 0 Å². The molecule has 2 amide bonds. The molecule has 11 nitrogen and oxygen atoms in total.